The monoisotopic (exact) mass is 423 g/mol. The molecule has 1 aliphatic rings. The van der Waals surface area contributed by atoms with Crippen LogP contribution in [0.1, 0.15) is 34.3 Å². The minimum atomic E-state index is -0.207. The molecule has 1 aromatic heterocycles. The highest BCUT2D eigenvalue weighted by molar-refractivity contribution is 6.03. The number of nitrogens with zero attached hydrogens (tertiary/aromatic N) is 2. The second-order valence-corrected chi connectivity index (χ2v) is 7.59. The predicted octanol–water partition coefficient (Wildman–Crippen LogP) is 5.05. The second kappa shape index (κ2) is 10.4. The molecular formula is C27H25N3O2. The molecule has 3 aromatic rings. The molecule has 0 saturated carbocycles. The fourth-order valence-electron chi connectivity index (χ4n) is 3.63. The predicted molar refractivity (Wildman–Crippen MR) is 128 cm³/mol. The van der Waals surface area contributed by atoms with Gasteiger partial charge in [0.1, 0.15) is 5.82 Å². The molecule has 0 aliphatic carbocycles. The smallest absolute Gasteiger partial charge is 0.256 e. The molecule has 5 nitrogen and oxygen atoms in total. The molecule has 2 aromatic carbocycles. The molecule has 0 saturated heterocycles. The van der Waals surface area contributed by atoms with E-state index in [-0.39, 0.29) is 11.8 Å². The molecule has 32 heavy (non-hydrogen) atoms. The van der Waals surface area contributed by atoms with Crippen molar-refractivity contribution >= 4 is 29.3 Å². The van der Waals surface area contributed by atoms with Gasteiger partial charge in [0.25, 0.3) is 5.91 Å². The fourth-order valence-corrected chi connectivity index (χ4v) is 3.63. The van der Waals surface area contributed by atoms with Crippen molar-refractivity contribution in [2.75, 3.05) is 18.4 Å². The van der Waals surface area contributed by atoms with Crippen molar-refractivity contribution in [3.63, 3.8) is 0 Å². The molecule has 5 heteroatoms. The molecule has 2 heterocycles. The Kier molecular flexibility index (Phi) is 6.88. The Labute approximate surface area is 188 Å². The van der Waals surface area contributed by atoms with Gasteiger partial charge in [-0.25, -0.2) is 4.98 Å². The maximum atomic E-state index is 12.7. The highest BCUT2D eigenvalue weighted by Crippen LogP contribution is 2.22. The highest BCUT2D eigenvalue weighted by Gasteiger charge is 2.15. The summed E-state index contributed by atoms with van der Waals surface area (Å²) in [5.41, 5.74) is 3.89. The number of rotatable bonds is 5. The summed E-state index contributed by atoms with van der Waals surface area (Å²) in [7, 11) is 0. The summed E-state index contributed by atoms with van der Waals surface area (Å²) in [6.45, 7) is 1.41. The first-order chi connectivity index (χ1) is 15.7. The van der Waals surface area contributed by atoms with Gasteiger partial charge in [0, 0.05) is 30.9 Å². The van der Waals surface area contributed by atoms with Crippen LogP contribution in [0.3, 0.4) is 0 Å². The Balaban J connectivity index is 1.31. The number of aromatic nitrogens is 1. The van der Waals surface area contributed by atoms with Gasteiger partial charge in [0.05, 0.1) is 0 Å². The van der Waals surface area contributed by atoms with E-state index in [9.17, 15) is 9.59 Å². The van der Waals surface area contributed by atoms with E-state index >= 15 is 0 Å². The van der Waals surface area contributed by atoms with Gasteiger partial charge in [-0.05, 0) is 59.9 Å². The number of hydrogen-bond donors (Lipinski definition) is 1. The molecule has 1 aliphatic heterocycles. The lowest BCUT2D eigenvalue weighted by atomic mass is 10.0. The lowest BCUT2D eigenvalue weighted by Crippen LogP contribution is -2.30. The van der Waals surface area contributed by atoms with Gasteiger partial charge in [-0.3, -0.25) is 9.59 Å². The van der Waals surface area contributed by atoms with Gasteiger partial charge in [-0.15, -0.1) is 0 Å². The van der Waals surface area contributed by atoms with E-state index in [2.05, 4.69) is 28.5 Å². The van der Waals surface area contributed by atoms with Crippen molar-refractivity contribution in [2.45, 2.75) is 12.8 Å². The summed E-state index contributed by atoms with van der Waals surface area (Å²) in [5, 5.41) is 2.77. The van der Waals surface area contributed by atoms with E-state index in [1.165, 1.54) is 11.1 Å². The van der Waals surface area contributed by atoms with Gasteiger partial charge in [-0.2, -0.15) is 0 Å². The van der Waals surface area contributed by atoms with Crippen molar-refractivity contribution in [1.29, 1.82) is 0 Å². The number of nitrogens with one attached hydrogen (secondary N) is 1. The molecule has 0 atom stereocenters. The van der Waals surface area contributed by atoms with E-state index in [1.54, 1.807) is 36.5 Å². The molecule has 0 fully saturated rings. The van der Waals surface area contributed by atoms with Crippen LogP contribution in [0.2, 0.25) is 0 Å². The summed E-state index contributed by atoms with van der Waals surface area (Å²) in [4.78, 5) is 31.0. The van der Waals surface area contributed by atoms with Crippen LogP contribution < -0.4 is 5.32 Å². The van der Waals surface area contributed by atoms with Crippen LogP contribution in [0.15, 0.2) is 91.1 Å². The molecule has 0 unspecified atom stereocenters. The van der Waals surface area contributed by atoms with Crippen LogP contribution in [0.5, 0.6) is 0 Å². The zero-order chi connectivity index (χ0) is 22.2. The van der Waals surface area contributed by atoms with Gasteiger partial charge in [-0.1, -0.05) is 54.6 Å². The Bertz CT molecular complexity index is 1120. The molecule has 1 N–H and O–H groups in total. The van der Waals surface area contributed by atoms with Crippen molar-refractivity contribution < 1.29 is 9.59 Å². The molecule has 4 rings (SSSR count). The van der Waals surface area contributed by atoms with Crippen molar-refractivity contribution in [3.8, 4) is 0 Å². The van der Waals surface area contributed by atoms with Crippen LogP contribution in [-0.4, -0.2) is 34.8 Å². The molecule has 2 amide bonds. The molecule has 0 spiro atoms. The zero-order valence-corrected chi connectivity index (χ0v) is 17.8. The number of anilines is 1. The number of carbonyl (C=O) groups is 2. The number of amides is 2. The lowest BCUT2D eigenvalue weighted by Gasteiger charge is -2.18. The van der Waals surface area contributed by atoms with Crippen LogP contribution in [0.25, 0.3) is 11.6 Å². The van der Waals surface area contributed by atoms with Gasteiger partial charge in [0.15, 0.2) is 0 Å². The fraction of sp³-hybridized carbons (Fsp3) is 0.148. The summed E-state index contributed by atoms with van der Waals surface area (Å²) in [6.07, 6.45) is 8.92. The third-order valence-corrected chi connectivity index (χ3v) is 5.38. The Morgan fingerprint density at radius 1 is 0.906 bits per heavy atom. The van der Waals surface area contributed by atoms with E-state index < -0.39 is 0 Å². The lowest BCUT2D eigenvalue weighted by molar-refractivity contribution is -0.125. The Morgan fingerprint density at radius 2 is 1.66 bits per heavy atom. The zero-order valence-electron chi connectivity index (χ0n) is 17.8. The van der Waals surface area contributed by atoms with Crippen molar-refractivity contribution in [3.05, 3.63) is 108 Å². The number of pyridine rings is 1. The Hall–Kier alpha value is -3.99. The van der Waals surface area contributed by atoms with Crippen LogP contribution in [-0.2, 0) is 4.79 Å². The first kappa shape index (κ1) is 21.2. The first-order valence-electron chi connectivity index (χ1n) is 10.7. The highest BCUT2D eigenvalue weighted by atomic mass is 16.2. The van der Waals surface area contributed by atoms with E-state index in [0.29, 0.717) is 24.5 Å². The van der Waals surface area contributed by atoms with Gasteiger partial charge in [0.2, 0.25) is 5.91 Å². The maximum absolute atomic E-state index is 12.7. The average molecular weight is 424 g/mol. The Morgan fingerprint density at radius 3 is 2.38 bits per heavy atom. The van der Waals surface area contributed by atoms with E-state index in [1.807, 2.05) is 47.4 Å². The van der Waals surface area contributed by atoms with Gasteiger partial charge < -0.3 is 10.2 Å². The summed E-state index contributed by atoms with van der Waals surface area (Å²) in [6, 6.07) is 22.9. The number of carbonyl (C=O) groups excluding carboxylic acids is 2. The van der Waals surface area contributed by atoms with Crippen LogP contribution in [0, 0.1) is 0 Å². The van der Waals surface area contributed by atoms with Crippen LogP contribution >= 0.6 is 0 Å². The van der Waals surface area contributed by atoms with Crippen LogP contribution in [0.4, 0.5) is 5.82 Å². The SMILES string of the molecule is O=C(Nc1ccc(C=CC(=O)N2CCC=C(c3ccccc3)CC2)cn1)c1ccccc1. The molecular weight excluding hydrogens is 398 g/mol. The summed E-state index contributed by atoms with van der Waals surface area (Å²) in [5.74, 6) is 0.254. The van der Waals surface area contributed by atoms with Crippen molar-refractivity contribution in [2.24, 2.45) is 0 Å². The van der Waals surface area contributed by atoms with Crippen molar-refractivity contribution in [1.82, 2.24) is 9.88 Å². The topological polar surface area (TPSA) is 62.3 Å². The number of benzene rings is 2. The molecule has 160 valence electrons. The summed E-state index contributed by atoms with van der Waals surface area (Å²) >= 11 is 0. The largest absolute Gasteiger partial charge is 0.339 e. The third-order valence-electron chi connectivity index (χ3n) is 5.38. The third kappa shape index (κ3) is 5.58. The normalized spacial score (nSPS) is 14.0. The van der Waals surface area contributed by atoms with E-state index in [0.717, 1.165) is 18.4 Å². The number of hydrogen-bond acceptors (Lipinski definition) is 3. The standard InChI is InChI=1S/C27H25N3O2/c31-26(30-18-7-12-23(17-19-30)22-8-3-1-4-9-22)16-14-21-13-15-25(28-20-21)29-27(32)24-10-5-2-6-11-24/h1-6,8-16,20H,7,17-19H2,(H,28,29,32). The quantitative estimate of drug-likeness (QED) is 0.584. The minimum absolute atomic E-state index is 0.00540. The summed E-state index contributed by atoms with van der Waals surface area (Å²) < 4.78 is 0. The maximum Gasteiger partial charge on any atom is 0.256 e. The first-order valence-corrected chi connectivity index (χ1v) is 10.7. The second-order valence-electron chi connectivity index (χ2n) is 7.59. The molecule has 0 bridgehead atoms. The van der Waals surface area contributed by atoms with Gasteiger partial charge >= 0.3 is 0 Å². The average Bonchev–Trinajstić information content (AvgIpc) is 3.11. The molecule has 0 radical (unpaired) electrons. The minimum Gasteiger partial charge on any atom is -0.339 e. The van der Waals surface area contributed by atoms with E-state index in [4.69, 9.17) is 0 Å².